The zero-order valence-corrected chi connectivity index (χ0v) is 22.1. The lowest BCUT2D eigenvalue weighted by molar-refractivity contribution is -0.139. The number of furan rings is 1. The van der Waals surface area contributed by atoms with Crippen molar-refractivity contribution in [3.05, 3.63) is 114 Å². The number of allylic oxidation sites excluding steroid dienone is 1. The lowest BCUT2D eigenvalue weighted by Crippen LogP contribution is -2.39. The molecule has 0 unspecified atom stereocenters. The smallest absolute Gasteiger partial charge is 0.338 e. The summed E-state index contributed by atoms with van der Waals surface area (Å²) in [6.45, 7) is 3.52. The highest BCUT2D eigenvalue weighted by molar-refractivity contribution is 7.07. The zero-order valence-electron chi connectivity index (χ0n) is 21.3. The number of rotatable bonds is 6. The number of hydrogen-bond acceptors (Lipinski definition) is 8. The van der Waals surface area contributed by atoms with Gasteiger partial charge in [-0.1, -0.05) is 41.7 Å². The van der Waals surface area contributed by atoms with E-state index in [-0.39, 0.29) is 12.2 Å². The summed E-state index contributed by atoms with van der Waals surface area (Å²) in [5.74, 6) is -0.714. The van der Waals surface area contributed by atoms with Gasteiger partial charge in [-0.2, -0.15) is 0 Å². The first-order valence-electron chi connectivity index (χ1n) is 12.0. The van der Waals surface area contributed by atoms with Gasteiger partial charge in [0.2, 0.25) is 0 Å². The Labute approximate surface area is 226 Å². The Morgan fingerprint density at radius 3 is 2.56 bits per heavy atom. The average molecular weight is 547 g/mol. The summed E-state index contributed by atoms with van der Waals surface area (Å²) >= 11 is 1.14. The molecule has 0 bridgehead atoms. The van der Waals surface area contributed by atoms with Gasteiger partial charge >= 0.3 is 11.9 Å². The highest BCUT2D eigenvalue weighted by atomic mass is 32.1. The highest BCUT2D eigenvalue weighted by Crippen LogP contribution is 2.31. The van der Waals surface area contributed by atoms with Crippen LogP contribution >= 0.6 is 11.3 Å². The molecule has 4 aromatic rings. The third kappa shape index (κ3) is 4.86. The van der Waals surface area contributed by atoms with Gasteiger partial charge in [-0.3, -0.25) is 9.36 Å². The summed E-state index contributed by atoms with van der Waals surface area (Å²) in [5.41, 5.74) is 1.67. The Kier molecular flexibility index (Phi) is 7.12. The highest BCUT2D eigenvalue weighted by Gasteiger charge is 2.33. The molecule has 39 heavy (non-hydrogen) atoms. The Hall–Kier alpha value is -4.57. The van der Waals surface area contributed by atoms with E-state index in [9.17, 15) is 18.8 Å². The van der Waals surface area contributed by atoms with Gasteiger partial charge in [0.25, 0.3) is 5.56 Å². The molecule has 0 saturated heterocycles. The molecule has 0 saturated carbocycles. The second kappa shape index (κ2) is 10.7. The van der Waals surface area contributed by atoms with E-state index in [1.54, 1.807) is 56.3 Å². The van der Waals surface area contributed by atoms with Gasteiger partial charge in [0.05, 0.1) is 41.1 Å². The summed E-state index contributed by atoms with van der Waals surface area (Å²) in [4.78, 5) is 43.7. The number of methoxy groups -OCH3 is 1. The van der Waals surface area contributed by atoms with E-state index in [1.165, 1.54) is 35.9 Å². The largest absolute Gasteiger partial charge is 0.465 e. The van der Waals surface area contributed by atoms with E-state index < -0.39 is 29.4 Å². The minimum atomic E-state index is -0.845. The lowest BCUT2D eigenvalue weighted by Gasteiger charge is -2.24. The van der Waals surface area contributed by atoms with Crippen molar-refractivity contribution in [2.24, 2.45) is 4.99 Å². The molecule has 0 fully saturated rings. The second-order valence-corrected chi connectivity index (χ2v) is 9.60. The summed E-state index contributed by atoms with van der Waals surface area (Å²) in [6, 6.07) is 15.1. The molecule has 10 heteroatoms. The monoisotopic (exact) mass is 546 g/mol. The van der Waals surface area contributed by atoms with Gasteiger partial charge in [-0.15, -0.1) is 0 Å². The predicted molar refractivity (Wildman–Crippen MR) is 142 cm³/mol. The molecule has 8 nitrogen and oxygen atoms in total. The molecule has 5 rings (SSSR count). The molecular weight excluding hydrogens is 523 g/mol. The van der Waals surface area contributed by atoms with E-state index in [2.05, 4.69) is 4.99 Å². The predicted octanol–water partition coefficient (Wildman–Crippen LogP) is 3.98. The summed E-state index contributed by atoms with van der Waals surface area (Å²) in [5, 5.41) is 0. The average Bonchev–Trinajstić information content (AvgIpc) is 3.52. The third-order valence-electron chi connectivity index (χ3n) is 6.20. The molecule has 0 radical (unpaired) electrons. The zero-order chi connectivity index (χ0) is 27.7. The van der Waals surface area contributed by atoms with Crippen LogP contribution in [0, 0.1) is 5.82 Å². The van der Waals surface area contributed by atoms with Gasteiger partial charge in [-0.05, 0) is 49.7 Å². The fourth-order valence-corrected chi connectivity index (χ4v) is 5.47. The Bertz CT molecular complexity index is 1800. The minimum absolute atomic E-state index is 0.149. The molecule has 1 aliphatic heterocycles. The standard InChI is InChI=1S/C29H23FN2O6S/c1-4-37-28(35)24-16(2)31-29-32(25(24)17-9-11-18(30)12-10-17)26(33)23(39-29)15-19-13-14-22(38-19)20-7-5-6-8-21(20)27(34)36-3/h5-15,25H,4H2,1-3H3/b23-15+/t25-/m0/s1. The molecule has 0 spiro atoms. The number of carbonyl (C=O) groups is 2. The number of thiazole rings is 1. The molecule has 2 aromatic heterocycles. The maximum atomic E-state index is 13.7. The summed E-state index contributed by atoms with van der Waals surface area (Å²) in [6.07, 6.45) is 1.58. The van der Waals surface area contributed by atoms with Crippen LogP contribution in [0.4, 0.5) is 4.39 Å². The fourth-order valence-electron chi connectivity index (χ4n) is 4.44. The number of hydrogen-bond donors (Lipinski definition) is 0. The Balaban J connectivity index is 1.62. The number of ether oxygens (including phenoxy) is 2. The second-order valence-electron chi connectivity index (χ2n) is 8.59. The van der Waals surface area contributed by atoms with Crippen LogP contribution in [0.15, 0.2) is 86.1 Å². The molecule has 2 aromatic carbocycles. The number of halogens is 1. The van der Waals surface area contributed by atoms with Gasteiger partial charge in [0.15, 0.2) is 4.80 Å². The van der Waals surface area contributed by atoms with Crippen LogP contribution in [-0.4, -0.2) is 30.2 Å². The molecule has 198 valence electrons. The number of carbonyl (C=O) groups excluding carboxylic acids is 2. The SMILES string of the molecule is CCOC(=O)C1=C(C)N=c2s/c(=C/c3ccc(-c4ccccc4C(=O)OC)o3)c(=O)n2[C@H]1c1ccc(F)cc1. The summed E-state index contributed by atoms with van der Waals surface area (Å²) in [7, 11) is 1.31. The molecule has 0 amide bonds. The van der Waals surface area contributed by atoms with E-state index >= 15 is 0 Å². The maximum absolute atomic E-state index is 13.7. The maximum Gasteiger partial charge on any atom is 0.338 e. The minimum Gasteiger partial charge on any atom is -0.465 e. The van der Waals surface area contributed by atoms with Crippen LogP contribution in [0.3, 0.4) is 0 Å². The van der Waals surface area contributed by atoms with Crippen LogP contribution < -0.4 is 14.9 Å². The van der Waals surface area contributed by atoms with Crippen molar-refractivity contribution < 1.29 is 27.9 Å². The van der Waals surface area contributed by atoms with Gasteiger partial charge in [-0.25, -0.2) is 19.0 Å². The van der Waals surface area contributed by atoms with Gasteiger partial charge < -0.3 is 13.9 Å². The van der Waals surface area contributed by atoms with Crippen LogP contribution in [0.5, 0.6) is 0 Å². The number of esters is 2. The van der Waals surface area contributed by atoms with Gasteiger partial charge in [0, 0.05) is 11.6 Å². The molecule has 1 atom stereocenters. The first-order chi connectivity index (χ1) is 18.8. The fraction of sp³-hybridized carbons (Fsp3) is 0.172. The number of nitrogens with zero attached hydrogens (tertiary/aromatic N) is 2. The van der Waals surface area contributed by atoms with E-state index in [1.807, 2.05) is 0 Å². The van der Waals surface area contributed by atoms with Crippen LogP contribution in [0.25, 0.3) is 17.4 Å². The number of benzene rings is 2. The van der Waals surface area contributed by atoms with Crippen LogP contribution in [0.1, 0.15) is 41.6 Å². The number of fused-ring (bicyclic) bond motifs is 1. The van der Waals surface area contributed by atoms with Crippen molar-refractivity contribution in [2.45, 2.75) is 19.9 Å². The van der Waals surface area contributed by atoms with Crippen molar-refractivity contribution in [1.82, 2.24) is 4.57 Å². The molecular formula is C29H23FN2O6S. The Morgan fingerprint density at radius 1 is 1.10 bits per heavy atom. The normalized spacial score (nSPS) is 15.1. The molecule has 0 aliphatic carbocycles. The topological polar surface area (TPSA) is 100 Å². The van der Waals surface area contributed by atoms with Crippen LogP contribution in [0.2, 0.25) is 0 Å². The molecule has 0 N–H and O–H groups in total. The number of aromatic nitrogens is 1. The quantitative estimate of drug-likeness (QED) is 0.339. The van der Waals surface area contributed by atoms with Crippen molar-refractivity contribution in [1.29, 1.82) is 0 Å². The first-order valence-corrected chi connectivity index (χ1v) is 12.9. The van der Waals surface area contributed by atoms with E-state index in [0.29, 0.717) is 43.2 Å². The lowest BCUT2D eigenvalue weighted by atomic mass is 9.96. The van der Waals surface area contributed by atoms with E-state index in [0.717, 1.165) is 11.3 Å². The Morgan fingerprint density at radius 2 is 1.85 bits per heavy atom. The van der Waals surface area contributed by atoms with Crippen molar-refractivity contribution in [2.75, 3.05) is 13.7 Å². The first kappa shape index (κ1) is 26.1. The van der Waals surface area contributed by atoms with Crippen molar-refractivity contribution in [3.63, 3.8) is 0 Å². The summed E-state index contributed by atoms with van der Waals surface area (Å²) < 4.78 is 31.6. The van der Waals surface area contributed by atoms with Crippen LogP contribution in [-0.2, 0) is 14.3 Å². The molecule has 3 heterocycles. The third-order valence-corrected chi connectivity index (χ3v) is 7.18. The van der Waals surface area contributed by atoms with E-state index in [4.69, 9.17) is 13.9 Å². The molecule has 1 aliphatic rings. The van der Waals surface area contributed by atoms with Crippen molar-refractivity contribution >= 4 is 29.4 Å². The van der Waals surface area contributed by atoms with Crippen molar-refractivity contribution in [3.8, 4) is 11.3 Å². The van der Waals surface area contributed by atoms with Gasteiger partial charge in [0.1, 0.15) is 17.3 Å².